The molecule has 2 aromatic rings. The maximum atomic E-state index is 12.7. The van der Waals surface area contributed by atoms with Crippen LogP contribution in [0.5, 0.6) is 0 Å². The van der Waals surface area contributed by atoms with E-state index in [-0.39, 0.29) is 35.6 Å². The molecule has 0 atom stereocenters. The Balaban J connectivity index is 1.19. The number of aromatic nitrogens is 1. The van der Waals surface area contributed by atoms with Crippen LogP contribution in [-0.2, 0) is 39.0 Å². The Morgan fingerprint density at radius 2 is 1.82 bits per heavy atom. The summed E-state index contributed by atoms with van der Waals surface area (Å²) in [7, 11) is -3.65. The van der Waals surface area contributed by atoms with Gasteiger partial charge in [-0.2, -0.15) is 0 Å². The number of nitrogens with one attached hydrogen (secondary N) is 2. The van der Waals surface area contributed by atoms with E-state index in [1.807, 2.05) is 18.2 Å². The smallest absolute Gasteiger partial charge is 0.240 e. The monoisotopic (exact) mass is 484 g/mol. The molecule has 0 radical (unpaired) electrons. The van der Waals surface area contributed by atoms with Gasteiger partial charge in [-0.15, -0.1) is 0 Å². The molecule has 1 aliphatic carbocycles. The van der Waals surface area contributed by atoms with Crippen molar-refractivity contribution in [1.82, 2.24) is 19.9 Å². The molecule has 2 amide bonds. The fourth-order valence-corrected chi connectivity index (χ4v) is 5.72. The number of piperidine rings is 1. The normalized spacial score (nSPS) is 16.6. The highest BCUT2D eigenvalue weighted by molar-refractivity contribution is 7.89. The Morgan fingerprint density at radius 1 is 1.06 bits per heavy atom. The molecule has 0 saturated carbocycles. The second-order valence-electron chi connectivity index (χ2n) is 9.02. The van der Waals surface area contributed by atoms with E-state index in [4.69, 9.17) is 0 Å². The number of amides is 2. The summed E-state index contributed by atoms with van der Waals surface area (Å²) >= 11 is 0. The third kappa shape index (κ3) is 6.21. The van der Waals surface area contributed by atoms with Crippen molar-refractivity contribution < 1.29 is 18.0 Å². The molecule has 2 aliphatic rings. The maximum Gasteiger partial charge on any atom is 0.240 e. The molecule has 8 nitrogen and oxygen atoms in total. The molecule has 1 fully saturated rings. The number of sulfonamides is 1. The number of carbonyl (C=O) groups is 2. The number of hydrogen-bond acceptors (Lipinski definition) is 5. The van der Waals surface area contributed by atoms with Crippen LogP contribution in [0.1, 0.15) is 48.8 Å². The summed E-state index contributed by atoms with van der Waals surface area (Å²) in [5.41, 5.74) is 3.29. The first-order chi connectivity index (χ1) is 16.4. The largest absolute Gasteiger partial charge is 0.352 e. The SMILES string of the molecule is O=C(NCc1cccnc1)C1CCN(C(=O)CCNS(=O)(=O)c2ccc3c(c2)CCCC3)CC1. The zero-order valence-corrected chi connectivity index (χ0v) is 20.1. The number of benzene rings is 1. The number of fused-ring (bicyclic) bond motifs is 1. The average Bonchev–Trinajstić information content (AvgIpc) is 2.87. The minimum Gasteiger partial charge on any atom is -0.352 e. The lowest BCUT2D eigenvalue weighted by Gasteiger charge is -2.31. The van der Waals surface area contributed by atoms with Gasteiger partial charge in [0.15, 0.2) is 0 Å². The lowest BCUT2D eigenvalue weighted by atomic mass is 9.92. The molecule has 1 aromatic carbocycles. The fourth-order valence-electron chi connectivity index (χ4n) is 4.64. The number of pyridine rings is 1. The minimum absolute atomic E-state index is 0.00578. The van der Waals surface area contributed by atoms with Gasteiger partial charge in [-0.3, -0.25) is 14.6 Å². The molecular weight excluding hydrogens is 452 g/mol. The number of likely N-dealkylation sites (tertiary alicyclic amines) is 1. The molecule has 4 rings (SSSR count). The van der Waals surface area contributed by atoms with Gasteiger partial charge in [0.05, 0.1) is 4.90 Å². The standard InChI is InChI=1S/C25H32N4O4S/c30-24(9-13-28-34(32,33)23-8-7-20-5-1-2-6-22(20)16-23)29-14-10-21(11-15-29)25(31)27-18-19-4-3-12-26-17-19/h3-4,7-8,12,16-17,21,28H,1-2,5-6,9-11,13-15,18H2,(H,27,31). The molecule has 2 heterocycles. The second kappa shape index (κ2) is 11.1. The topological polar surface area (TPSA) is 108 Å². The summed E-state index contributed by atoms with van der Waals surface area (Å²) in [6.07, 6.45) is 8.86. The number of aryl methyl sites for hydroxylation is 2. The van der Waals surface area contributed by atoms with Gasteiger partial charge in [-0.1, -0.05) is 12.1 Å². The van der Waals surface area contributed by atoms with Crippen molar-refractivity contribution in [3.8, 4) is 0 Å². The second-order valence-corrected chi connectivity index (χ2v) is 10.8. The molecule has 2 N–H and O–H groups in total. The quantitative estimate of drug-likeness (QED) is 0.597. The van der Waals surface area contributed by atoms with E-state index < -0.39 is 10.0 Å². The number of rotatable bonds is 8. The third-order valence-electron chi connectivity index (χ3n) is 6.67. The molecule has 1 aliphatic heterocycles. The Bertz CT molecular complexity index is 1110. The summed E-state index contributed by atoms with van der Waals surface area (Å²) in [5, 5.41) is 2.94. The van der Waals surface area contributed by atoms with E-state index in [0.29, 0.717) is 32.5 Å². The van der Waals surface area contributed by atoms with Crippen molar-refractivity contribution in [3.05, 3.63) is 59.4 Å². The molecule has 34 heavy (non-hydrogen) atoms. The van der Waals surface area contributed by atoms with Crippen LogP contribution in [0.3, 0.4) is 0 Å². The molecule has 1 aromatic heterocycles. The number of carbonyl (C=O) groups excluding carboxylic acids is 2. The summed E-state index contributed by atoms with van der Waals surface area (Å²) < 4.78 is 27.9. The van der Waals surface area contributed by atoms with Crippen LogP contribution in [0.25, 0.3) is 0 Å². The fraction of sp³-hybridized carbons (Fsp3) is 0.480. The third-order valence-corrected chi connectivity index (χ3v) is 8.13. The summed E-state index contributed by atoms with van der Waals surface area (Å²) in [4.78, 5) is 31.0. The molecule has 182 valence electrons. The Kier molecular flexibility index (Phi) is 7.95. The van der Waals surface area contributed by atoms with E-state index in [1.54, 1.807) is 29.4 Å². The van der Waals surface area contributed by atoms with Gasteiger partial charge in [0.2, 0.25) is 21.8 Å². The summed E-state index contributed by atoms with van der Waals surface area (Å²) in [6, 6.07) is 9.07. The van der Waals surface area contributed by atoms with Gasteiger partial charge in [0.1, 0.15) is 0 Å². The Morgan fingerprint density at radius 3 is 2.56 bits per heavy atom. The lowest BCUT2D eigenvalue weighted by Crippen LogP contribution is -2.43. The van der Waals surface area contributed by atoms with Crippen LogP contribution in [0.15, 0.2) is 47.6 Å². The predicted molar refractivity (Wildman–Crippen MR) is 128 cm³/mol. The predicted octanol–water partition coefficient (Wildman–Crippen LogP) is 2.18. The highest BCUT2D eigenvalue weighted by Crippen LogP contribution is 2.24. The Hall–Kier alpha value is -2.78. The van der Waals surface area contributed by atoms with Crippen LogP contribution in [0, 0.1) is 5.92 Å². The molecule has 1 saturated heterocycles. The van der Waals surface area contributed by atoms with Crippen molar-refractivity contribution in [2.75, 3.05) is 19.6 Å². The number of nitrogens with zero attached hydrogens (tertiary/aromatic N) is 2. The van der Waals surface area contributed by atoms with Crippen LogP contribution in [-0.4, -0.2) is 49.8 Å². The number of hydrogen-bond donors (Lipinski definition) is 2. The van der Waals surface area contributed by atoms with Crippen molar-refractivity contribution in [1.29, 1.82) is 0 Å². The Labute approximate surface area is 201 Å². The van der Waals surface area contributed by atoms with Gasteiger partial charge >= 0.3 is 0 Å². The summed E-state index contributed by atoms with van der Waals surface area (Å²) in [6.45, 7) is 1.50. The van der Waals surface area contributed by atoms with Gasteiger partial charge in [0.25, 0.3) is 0 Å². The molecule has 0 bridgehead atoms. The van der Waals surface area contributed by atoms with Gasteiger partial charge in [0, 0.05) is 50.9 Å². The summed E-state index contributed by atoms with van der Waals surface area (Å²) in [5.74, 6) is -0.223. The van der Waals surface area contributed by atoms with Gasteiger partial charge < -0.3 is 10.2 Å². The first-order valence-corrected chi connectivity index (χ1v) is 13.5. The first-order valence-electron chi connectivity index (χ1n) is 12.0. The van der Waals surface area contributed by atoms with E-state index in [1.165, 1.54) is 5.56 Å². The average molecular weight is 485 g/mol. The molecular formula is C25H32N4O4S. The molecule has 9 heteroatoms. The molecule has 0 unspecified atom stereocenters. The van der Waals surface area contributed by atoms with E-state index in [2.05, 4.69) is 15.0 Å². The van der Waals surface area contributed by atoms with Crippen molar-refractivity contribution in [2.45, 2.75) is 56.4 Å². The van der Waals surface area contributed by atoms with E-state index in [9.17, 15) is 18.0 Å². The van der Waals surface area contributed by atoms with Crippen molar-refractivity contribution in [2.24, 2.45) is 5.92 Å². The molecule has 0 spiro atoms. The van der Waals surface area contributed by atoms with Crippen molar-refractivity contribution >= 4 is 21.8 Å². The van der Waals surface area contributed by atoms with Crippen LogP contribution in [0.4, 0.5) is 0 Å². The minimum atomic E-state index is -3.65. The first kappa shape index (κ1) is 24.3. The zero-order chi connectivity index (χ0) is 24.0. The van der Waals surface area contributed by atoms with E-state index in [0.717, 1.165) is 36.8 Å². The van der Waals surface area contributed by atoms with Crippen LogP contribution >= 0.6 is 0 Å². The maximum absolute atomic E-state index is 12.7. The zero-order valence-electron chi connectivity index (χ0n) is 19.3. The van der Waals surface area contributed by atoms with Gasteiger partial charge in [-0.05, 0) is 73.4 Å². The van der Waals surface area contributed by atoms with Gasteiger partial charge in [-0.25, -0.2) is 13.1 Å². The lowest BCUT2D eigenvalue weighted by molar-refractivity contribution is -0.135. The highest BCUT2D eigenvalue weighted by atomic mass is 32.2. The highest BCUT2D eigenvalue weighted by Gasteiger charge is 2.27. The van der Waals surface area contributed by atoms with Crippen LogP contribution in [0.2, 0.25) is 0 Å². The van der Waals surface area contributed by atoms with Crippen molar-refractivity contribution in [3.63, 3.8) is 0 Å². The van der Waals surface area contributed by atoms with E-state index >= 15 is 0 Å². The van der Waals surface area contributed by atoms with Crippen LogP contribution < -0.4 is 10.0 Å².